The fraction of sp³-hybridized carbons (Fsp3) is 1.00. The minimum Gasteiger partial charge on any atom is -0.393 e. The lowest BCUT2D eigenvalue weighted by Gasteiger charge is -2.62. The quantitative estimate of drug-likeness (QED) is 0.636. The highest BCUT2D eigenvalue weighted by Gasteiger charge is 2.63. The number of hydrogen-bond acceptors (Lipinski definition) is 3. The smallest absolute Gasteiger partial charge is 0.0653 e. The van der Waals surface area contributed by atoms with Gasteiger partial charge in [-0.3, -0.25) is 0 Å². The average molecular weight is 393 g/mol. The maximum atomic E-state index is 11.4. The van der Waals surface area contributed by atoms with E-state index in [1.54, 1.807) is 0 Å². The molecule has 0 bridgehead atoms. The second-order valence-electron chi connectivity index (χ2n) is 11.9. The van der Waals surface area contributed by atoms with Gasteiger partial charge in [0.15, 0.2) is 0 Å². The molecule has 0 aromatic heterocycles. The normalized spacial score (nSPS) is 53.0. The van der Waals surface area contributed by atoms with Crippen molar-refractivity contribution in [3.05, 3.63) is 0 Å². The van der Waals surface area contributed by atoms with E-state index in [4.69, 9.17) is 0 Å². The van der Waals surface area contributed by atoms with Crippen LogP contribution in [0.15, 0.2) is 0 Å². The van der Waals surface area contributed by atoms with Crippen molar-refractivity contribution in [2.24, 2.45) is 40.4 Å². The second-order valence-corrected chi connectivity index (χ2v) is 11.9. The molecule has 4 rings (SSSR count). The molecule has 0 aromatic rings. The van der Waals surface area contributed by atoms with E-state index in [2.05, 4.69) is 27.7 Å². The first kappa shape index (κ1) is 21.1. The van der Waals surface area contributed by atoms with Crippen molar-refractivity contribution in [3.63, 3.8) is 0 Å². The molecule has 10 atom stereocenters. The maximum Gasteiger partial charge on any atom is 0.0653 e. The molecule has 3 heteroatoms. The highest BCUT2D eigenvalue weighted by molar-refractivity contribution is 5.12. The Hall–Kier alpha value is -0.120. The van der Waals surface area contributed by atoms with Crippen molar-refractivity contribution in [1.82, 2.24) is 0 Å². The van der Waals surface area contributed by atoms with E-state index < -0.39 is 5.60 Å². The molecule has 4 aliphatic carbocycles. The third-order valence-electron chi connectivity index (χ3n) is 10.4. The Bertz CT molecular complexity index is 574. The van der Waals surface area contributed by atoms with Gasteiger partial charge in [-0.1, -0.05) is 33.6 Å². The Balaban J connectivity index is 1.59. The molecule has 0 aliphatic heterocycles. The molecule has 0 amide bonds. The van der Waals surface area contributed by atoms with Crippen LogP contribution >= 0.6 is 0 Å². The highest BCUT2D eigenvalue weighted by Crippen LogP contribution is 2.68. The average Bonchev–Trinajstić information content (AvgIpc) is 3.00. The van der Waals surface area contributed by atoms with Crippen molar-refractivity contribution >= 4 is 0 Å². The first-order chi connectivity index (χ1) is 13.1. The van der Waals surface area contributed by atoms with E-state index in [-0.39, 0.29) is 29.0 Å². The van der Waals surface area contributed by atoms with Crippen molar-refractivity contribution in [2.75, 3.05) is 0 Å². The van der Waals surface area contributed by atoms with E-state index in [1.165, 1.54) is 19.3 Å². The fourth-order valence-electron chi connectivity index (χ4n) is 9.01. The summed E-state index contributed by atoms with van der Waals surface area (Å²) < 4.78 is 0. The summed E-state index contributed by atoms with van der Waals surface area (Å²) in [6.07, 6.45) is 11.2. The summed E-state index contributed by atoms with van der Waals surface area (Å²) in [6.45, 7) is 9.21. The zero-order valence-corrected chi connectivity index (χ0v) is 18.7. The van der Waals surface area contributed by atoms with Gasteiger partial charge in [-0.2, -0.15) is 0 Å². The van der Waals surface area contributed by atoms with Crippen LogP contribution in [0.5, 0.6) is 0 Å². The van der Waals surface area contributed by atoms with Gasteiger partial charge in [-0.15, -0.1) is 0 Å². The molecule has 0 unspecified atom stereocenters. The third kappa shape index (κ3) is 3.10. The summed E-state index contributed by atoms with van der Waals surface area (Å²) in [5.41, 5.74) is -0.151. The molecule has 3 N–H and O–H groups in total. The zero-order chi connectivity index (χ0) is 20.3. The van der Waals surface area contributed by atoms with Crippen LogP contribution < -0.4 is 0 Å². The summed E-state index contributed by atoms with van der Waals surface area (Å²) >= 11 is 0. The Morgan fingerprint density at radius 1 is 0.893 bits per heavy atom. The largest absolute Gasteiger partial charge is 0.393 e. The molecule has 0 spiro atoms. The first-order valence-electron chi connectivity index (χ1n) is 12.2. The van der Waals surface area contributed by atoms with Gasteiger partial charge in [0, 0.05) is 0 Å². The fourth-order valence-corrected chi connectivity index (χ4v) is 9.01. The molecule has 0 saturated heterocycles. The zero-order valence-electron chi connectivity index (χ0n) is 18.7. The number of aliphatic hydroxyl groups excluding tert-OH is 2. The Kier molecular flexibility index (Phi) is 5.46. The standard InChI is InChI=1S/C25H44O3/c1-5-6-11-25(4,28)22-8-7-18-17-15-21(27)20-14-16(26)9-12-23(20,2)19(17)10-13-24(18,22)3/h16-22,26-28H,5-15H2,1-4H3/t16-,17-,18-,19-,20+,21-,22-,23+,24-,25-/m0/s1. The molecule has 0 aromatic carbocycles. The van der Waals surface area contributed by atoms with Crippen LogP contribution in [0.1, 0.15) is 98.3 Å². The lowest BCUT2D eigenvalue weighted by molar-refractivity contribution is -0.179. The van der Waals surface area contributed by atoms with E-state index >= 15 is 0 Å². The molecule has 28 heavy (non-hydrogen) atoms. The van der Waals surface area contributed by atoms with Gasteiger partial charge in [-0.05, 0) is 105 Å². The molecule has 4 aliphatic rings. The molecule has 3 nitrogen and oxygen atoms in total. The summed E-state index contributed by atoms with van der Waals surface area (Å²) in [6, 6.07) is 0. The van der Waals surface area contributed by atoms with E-state index in [9.17, 15) is 15.3 Å². The minimum absolute atomic E-state index is 0.186. The van der Waals surface area contributed by atoms with Gasteiger partial charge in [-0.25, -0.2) is 0 Å². The van der Waals surface area contributed by atoms with E-state index in [0.717, 1.165) is 51.4 Å². The third-order valence-corrected chi connectivity index (χ3v) is 10.4. The number of aliphatic hydroxyl groups is 3. The molecular weight excluding hydrogens is 348 g/mol. The highest BCUT2D eigenvalue weighted by atomic mass is 16.3. The van der Waals surface area contributed by atoms with Gasteiger partial charge >= 0.3 is 0 Å². The summed E-state index contributed by atoms with van der Waals surface area (Å²) in [5.74, 6) is 2.59. The van der Waals surface area contributed by atoms with Gasteiger partial charge in [0.25, 0.3) is 0 Å². The lowest BCUT2D eigenvalue weighted by atomic mass is 9.43. The predicted molar refractivity (Wildman–Crippen MR) is 113 cm³/mol. The van der Waals surface area contributed by atoms with Gasteiger partial charge in [0.1, 0.15) is 0 Å². The Labute approximate surface area is 172 Å². The van der Waals surface area contributed by atoms with Crippen molar-refractivity contribution in [2.45, 2.75) is 116 Å². The molecule has 4 fully saturated rings. The predicted octanol–water partition coefficient (Wildman–Crippen LogP) is 4.92. The van der Waals surface area contributed by atoms with E-state index in [0.29, 0.717) is 23.7 Å². The van der Waals surface area contributed by atoms with Crippen molar-refractivity contribution in [3.8, 4) is 0 Å². The monoisotopic (exact) mass is 392 g/mol. The Morgan fingerprint density at radius 2 is 1.57 bits per heavy atom. The maximum absolute atomic E-state index is 11.4. The first-order valence-corrected chi connectivity index (χ1v) is 12.2. The summed E-state index contributed by atoms with van der Waals surface area (Å²) in [7, 11) is 0. The van der Waals surface area contributed by atoms with Crippen LogP contribution in [0.25, 0.3) is 0 Å². The number of hydrogen-bond donors (Lipinski definition) is 3. The minimum atomic E-state index is -0.555. The van der Waals surface area contributed by atoms with Crippen LogP contribution in [0.2, 0.25) is 0 Å². The van der Waals surface area contributed by atoms with Gasteiger partial charge in [0.05, 0.1) is 17.8 Å². The summed E-state index contributed by atoms with van der Waals surface area (Å²) in [5, 5.41) is 32.7. The second kappa shape index (κ2) is 7.24. The van der Waals surface area contributed by atoms with Gasteiger partial charge < -0.3 is 15.3 Å². The van der Waals surface area contributed by atoms with Crippen LogP contribution in [0.3, 0.4) is 0 Å². The van der Waals surface area contributed by atoms with Crippen molar-refractivity contribution < 1.29 is 15.3 Å². The number of rotatable bonds is 4. The van der Waals surface area contributed by atoms with Crippen LogP contribution in [0, 0.1) is 40.4 Å². The molecule has 0 heterocycles. The topological polar surface area (TPSA) is 60.7 Å². The summed E-state index contributed by atoms with van der Waals surface area (Å²) in [4.78, 5) is 0. The van der Waals surface area contributed by atoms with Crippen LogP contribution in [-0.4, -0.2) is 33.1 Å². The molecular formula is C25H44O3. The van der Waals surface area contributed by atoms with E-state index in [1.807, 2.05) is 0 Å². The van der Waals surface area contributed by atoms with Gasteiger partial charge in [0.2, 0.25) is 0 Å². The molecule has 4 saturated carbocycles. The van der Waals surface area contributed by atoms with Crippen LogP contribution in [-0.2, 0) is 0 Å². The molecule has 162 valence electrons. The lowest BCUT2D eigenvalue weighted by Crippen LogP contribution is -2.59. The van der Waals surface area contributed by atoms with Crippen molar-refractivity contribution in [1.29, 1.82) is 0 Å². The molecule has 0 radical (unpaired) electrons. The number of fused-ring (bicyclic) bond motifs is 5. The van der Waals surface area contributed by atoms with Crippen LogP contribution in [0.4, 0.5) is 0 Å². The number of unbranched alkanes of at least 4 members (excludes halogenated alkanes) is 1. The SMILES string of the molecule is CCCC[C@](C)(O)[C@H]1CC[C@H]2[C@@H]3C[C@H](O)[C@H]4C[C@@H](O)CC[C@]4(C)[C@H]3CC[C@@]21C. The Morgan fingerprint density at radius 3 is 2.29 bits per heavy atom.